The fourth-order valence-corrected chi connectivity index (χ4v) is 2.75. The van der Waals surface area contributed by atoms with E-state index in [1.54, 1.807) is 30.5 Å². The smallest absolute Gasteiger partial charge is 0.168 e. The Balaban J connectivity index is 1.97. The number of nitrogens with zero attached hydrogens (tertiary/aromatic N) is 1. The quantitative estimate of drug-likeness (QED) is 0.639. The van der Waals surface area contributed by atoms with Crippen LogP contribution < -0.4 is 0 Å². The number of para-hydroxylation sites is 1. The van der Waals surface area contributed by atoms with Gasteiger partial charge in [-0.15, -0.1) is 0 Å². The van der Waals surface area contributed by atoms with Crippen LogP contribution >= 0.6 is 23.2 Å². The van der Waals surface area contributed by atoms with E-state index < -0.39 is 0 Å². The Morgan fingerprint density at radius 3 is 2.67 bits per heavy atom. The van der Waals surface area contributed by atoms with Crippen LogP contribution in [0.3, 0.4) is 0 Å². The van der Waals surface area contributed by atoms with Crippen molar-refractivity contribution in [1.82, 2.24) is 4.98 Å². The molecule has 0 saturated carbocycles. The topological polar surface area (TPSA) is 30.0 Å². The minimum absolute atomic E-state index is 0.0119. The van der Waals surface area contributed by atoms with Crippen LogP contribution in [0.15, 0.2) is 54.7 Å². The number of Topliss-reactive ketones (excluding diaryl/α,β-unsaturated/α-hetero) is 1. The normalized spacial score (nSPS) is 10.8. The number of carbonyl (C=O) groups excluding carboxylic acids is 1. The summed E-state index contributed by atoms with van der Waals surface area (Å²) < 4.78 is 0. The first-order valence-corrected chi connectivity index (χ1v) is 7.21. The molecule has 0 aliphatic carbocycles. The van der Waals surface area contributed by atoms with E-state index in [1.165, 1.54) is 0 Å². The zero-order valence-corrected chi connectivity index (χ0v) is 12.5. The van der Waals surface area contributed by atoms with Gasteiger partial charge in [-0.3, -0.25) is 9.78 Å². The van der Waals surface area contributed by atoms with E-state index in [2.05, 4.69) is 4.98 Å². The highest BCUT2D eigenvalue weighted by molar-refractivity contribution is 6.35. The molecule has 2 aromatic carbocycles. The lowest BCUT2D eigenvalue weighted by Gasteiger charge is -2.07. The summed E-state index contributed by atoms with van der Waals surface area (Å²) in [5.41, 5.74) is 2.24. The number of benzene rings is 2. The Labute approximate surface area is 132 Å². The molecule has 21 heavy (non-hydrogen) atoms. The van der Waals surface area contributed by atoms with Gasteiger partial charge in [-0.05, 0) is 29.8 Å². The number of aromatic nitrogens is 1. The Morgan fingerprint density at radius 2 is 1.86 bits per heavy atom. The van der Waals surface area contributed by atoms with E-state index in [0.29, 0.717) is 15.6 Å². The van der Waals surface area contributed by atoms with Crippen LogP contribution in [-0.2, 0) is 6.42 Å². The highest BCUT2D eigenvalue weighted by atomic mass is 35.5. The van der Waals surface area contributed by atoms with E-state index in [-0.39, 0.29) is 12.2 Å². The zero-order valence-electron chi connectivity index (χ0n) is 11.0. The van der Waals surface area contributed by atoms with Gasteiger partial charge in [0.2, 0.25) is 0 Å². The van der Waals surface area contributed by atoms with Gasteiger partial charge in [-0.2, -0.15) is 0 Å². The Hall–Kier alpha value is -1.90. The van der Waals surface area contributed by atoms with Gasteiger partial charge < -0.3 is 0 Å². The molecule has 0 fully saturated rings. The first kappa shape index (κ1) is 14.1. The summed E-state index contributed by atoms with van der Waals surface area (Å²) in [5.74, 6) is 0.0119. The summed E-state index contributed by atoms with van der Waals surface area (Å²) in [4.78, 5) is 16.8. The molecular formula is C17H11Cl2NO. The molecule has 3 rings (SSSR count). The lowest BCUT2D eigenvalue weighted by Crippen LogP contribution is -2.05. The van der Waals surface area contributed by atoms with Gasteiger partial charge in [0.15, 0.2) is 5.78 Å². The second-order valence-electron chi connectivity index (χ2n) is 4.71. The summed E-state index contributed by atoms with van der Waals surface area (Å²) >= 11 is 12.0. The average Bonchev–Trinajstić information content (AvgIpc) is 2.49. The van der Waals surface area contributed by atoms with Crippen LogP contribution in [0.5, 0.6) is 0 Å². The van der Waals surface area contributed by atoms with Crippen LogP contribution in [0.1, 0.15) is 15.9 Å². The van der Waals surface area contributed by atoms with Gasteiger partial charge in [0.1, 0.15) is 0 Å². The number of ketones is 1. The van der Waals surface area contributed by atoms with Crippen LogP contribution in [0.25, 0.3) is 10.9 Å². The third-order valence-corrected chi connectivity index (χ3v) is 3.90. The zero-order chi connectivity index (χ0) is 14.8. The Bertz CT molecular complexity index is 825. The van der Waals surface area contributed by atoms with Gasteiger partial charge in [-0.1, -0.05) is 47.5 Å². The first-order valence-electron chi connectivity index (χ1n) is 6.46. The maximum absolute atomic E-state index is 12.5. The molecule has 0 saturated heterocycles. The van der Waals surface area contributed by atoms with Gasteiger partial charge in [-0.25, -0.2) is 0 Å². The van der Waals surface area contributed by atoms with Crippen molar-refractivity contribution in [3.05, 3.63) is 75.9 Å². The molecule has 0 amide bonds. The molecule has 4 heteroatoms. The van der Waals surface area contributed by atoms with Gasteiger partial charge in [0.25, 0.3) is 0 Å². The maximum atomic E-state index is 12.5. The summed E-state index contributed by atoms with van der Waals surface area (Å²) in [6.45, 7) is 0. The third-order valence-electron chi connectivity index (χ3n) is 3.32. The van der Waals surface area contributed by atoms with Crippen molar-refractivity contribution in [3.8, 4) is 0 Å². The fraction of sp³-hybridized carbons (Fsp3) is 0.0588. The molecule has 3 aromatic rings. The minimum atomic E-state index is 0.0119. The van der Waals surface area contributed by atoms with Gasteiger partial charge >= 0.3 is 0 Å². The molecule has 0 N–H and O–H groups in total. The number of carbonyl (C=O) groups is 1. The average molecular weight is 316 g/mol. The molecule has 104 valence electrons. The lowest BCUT2D eigenvalue weighted by molar-refractivity contribution is 0.0994. The molecule has 0 radical (unpaired) electrons. The van der Waals surface area contributed by atoms with Crippen LogP contribution in [0.4, 0.5) is 0 Å². The van der Waals surface area contributed by atoms with Crippen molar-refractivity contribution < 1.29 is 4.79 Å². The molecule has 0 unspecified atom stereocenters. The third kappa shape index (κ3) is 2.92. The summed E-state index contributed by atoms with van der Waals surface area (Å²) in [7, 11) is 0. The van der Waals surface area contributed by atoms with E-state index in [1.807, 2.05) is 24.3 Å². The molecule has 0 atom stereocenters. The first-order chi connectivity index (χ1) is 10.1. The summed E-state index contributed by atoms with van der Waals surface area (Å²) in [6, 6.07) is 14.5. The van der Waals surface area contributed by atoms with Crippen molar-refractivity contribution >= 4 is 39.9 Å². The number of hydrogen-bond donors (Lipinski definition) is 0. The fourth-order valence-electron chi connectivity index (χ4n) is 2.27. The van der Waals surface area contributed by atoms with Crippen molar-refractivity contribution in [3.63, 3.8) is 0 Å². The summed E-state index contributed by atoms with van der Waals surface area (Å²) in [6.07, 6.45) is 1.89. The Morgan fingerprint density at radius 1 is 1.05 bits per heavy atom. The van der Waals surface area contributed by atoms with Crippen LogP contribution in [-0.4, -0.2) is 10.8 Å². The van der Waals surface area contributed by atoms with Crippen molar-refractivity contribution in [2.75, 3.05) is 0 Å². The molecular weight excluding hydrogens is 305 g/mol. The highest BCUT2D eigenvalue weighted by Gasteiger charge is 2.13. The molecule has 2 nitrogen and oxygen atoms in total. The SMILES string of the molecule is O=C(Cc1ccc(Cl)cc1Cl)c1ccnc2ccccc12. The Kier molecular flexibility index (Phi) is 3.91. The van der Waals surface area contributed by atoms with Crippen molar-refractivity contribution in [2.45, 2.75) is 6.42 Å². The molecule has 0 aliphatic heterocycles. The lowest BCUT2D eigenvalue weighted by atomic mass is 10.00. The molecule has 1 aromatic heterocycles. The van der Waals surface area contributed by atoms with Crippen molar-refractivity contribution in [1.29, 1.82) is 0 Å². The molecule has 0 spiro atoms. The molecule has 0 bridgehead atoms. The largest absolute Gasteiger partial charge is 0.294 e. The van der Waals surface area contributed by atoms with E-state index in [9.17, 15) is 4.79 Å². The minimum Gasteiger partial charge on any atom is -0.294 e. The van der Waals surface area contributed by atoms with Crippen LogP contribution in [0.2, 0.25) is 10.0 Å². The number of fused-ring (bicyclic) bond motifs is 1. The monoisotopic (exact) mass is 315 g/mol. The predicted octanol–water partition coefficient (Wildman–Crippen LogP) is 4.97. The number of rotatable bonds is 3. The van der Waals surface area contributed by atoms with E-state index >= 15 is 0 Å². The van der Waals surface area contributed by atoms with Gasteiger partial charge in [0, 0.05) is 33.6 Å². The highest BCUT2D eigenvalue weighted by Crippen LogP contribution is 2.24. The number of pyridine rings is 1. The van der Waals surface area contributed by atoms with Crippen molar-refractivity contribution in [2.24, 2.45) is 0 Å². The number of halogens is 2. The maximum Gasteiger partial charge on any atom is 0.168 e. The molecule has 0 aliphatic rings. The summed E-state index contributed by atoms with van der Waals surface area (Å²) in [5, 5.41) is 1.93. The van der Waals surface area contributed by atoms with Crippen LogP contribution in [0, 0.1) is 0 Å². The van der Waals surface area contributed by atoms with Gasteiger partial charge in [0.05, 0.1) is 5.52 Å². The standard InChI is InChI=1S/C17H11Cl2NO/c18-12-6-5-11(15(19)10-12)9-17(21)14-7-8-20-16-4-2-1-3-13(14)16/h1-8,10H,9H2. The number of hydrogen-bond acceptors (Lipinski definition) is 2. The second-order valence-corrected chi connectivity index (χ2v) is 5.55. The second kappa shape index (κ2) is 5.84. The molecule has 1 heterocycles. The predicted molar refractivity (Wildman–Crippen MR) is 86.2 cm³/mol. The van der Waals surface area contributed by atoms with E-state index in [0.717, 1.165) is 16.5 Å². The van der Waals surface area contributed by atoms with E-state index in [4.69, 9.17) is 23.2 Å².